The molecule has 4 saturated carbocycles. The molecule has 4 aliphatic carbocycles. The van der Waals surface area contributed by atoms with Gasteiger partial charge in [0.2, 0.25) is 0 Å². The number of rotatable bonds is 6. The third-order valence-corrected chi connectivity index (χ3v) is 11.4. The van der Waals surface area contributed by atoms with Crippen LogP contribution in [-0.2, 0) is 14.3 Å². The number of fused-ring (bicyclic) bond motifs is 5. The summed E-state index contributed by atoms with van der Waals surface area (Å²) in [6.07, 6.45) is 15.3. The average molecular weight is 443 g/mol. The van der Waals surface area contributed by atoms with Crippen molar-refractivity contribution < 1.29 is 14.3 Å². The molecule has 9 atom stereocenters. The molecule has 0 spiro atoms. The molecule has 4 rings (SSSR count). The molecule has 0 aromatic heterocycles. The monoisotopic (exact) mass is 442 g/mol. The van der Waals surface area contributed by atoms with Crippen molar-refractivity contribution in [1.82, 2.24) is 0 Å². The maximum atomic E-state index is 11.6. The van der Waals surface area contributed by atoms with Gasteiger partial charge in [0.15, 0.2) is 0 Å². The first-order valence-electron chi connectivity index (χ1n) is 13.4. The van der Waals surface area contributed by atoms with Crippen LogP contribution in [0.5, 0.6) is 0 Å². The Morgan fingerprint density at radius 1 is 1.03 bits per heavy atom. The van der Waals surface area contributed by atoms with E-state index in [1.807, 2.05) is 0 Å². The lowest BCUT2D eigenvalue weighted by Gasteiger charge is -2.67. The fourth-order valence-corrected chi connectivity index (χ4v) is 9.70. The smallest absolute Gasteiger partial charge is 0.302 e. The highest BCUT2D eigenvalue weighted by Gasteiger charge is 2.66. The van der Waals surface area contributed by atoms with Gasteiger partial charge in [0.25, 0.3) is 0 Å². The van der Waals surface area contributed by atoms with Gasteiger partial charge in [0.1, 0.15) is 11.9 Å². The fourth-order valence-electron chi connectivity index (χ4n) is 9.70. The molecule has 3 heteroatoms. The van der Waals surface area contributed by atoms with E-state index in [0.29, 0.717) is 23.0 Å². The highest BCUT2D eigenvalue weighted by atomic mass is 16.5. The summed E-state index contributed by atoms with van der Waals surface area (Å²) in [6, 6.07) is 0. The maximum Gasteiger partial charge on any atom is 0.302 e. The Bertz CT molecular complexity index is 758. The highest BCUT2D eigenvalue weighted by Crippen LogP contribution is 2.73. The number of ether oxygens (including phenoxy) is 1. The Balaban J connectivity index is 1.57. The Morgan fingerprint density at radius 2 is 1.75 bits per heavy atom. The normalized spacial score (nSPS) is 46.3. The van der Waals surface area contributed by atoms with Crippen LogP contribution >= 0.6 is 0 Å². The minimum atomic E-state index is -0.130. The summed E-state index contributed by atoms with van der Waals surface area (Å²) >= 11 is 0. The van der Waals surface area contributed by atoms with Crippen molar-refractivity contribution in [3.8, 4) is 0 Å². The number of esters is 1. The van der Waals surface area contributed by atoms with Gasteiger partial charge >= 0.3 is 5.97 Å². The van der Waals surface area contributed by atoms with E-state index in [1.165, 1.54) is 38.5 Å². The quantitative estimate of drug-likeness (QED) is 0.324. The van der Waals surface area contributed by atoms with Crippen molar-refractivity contribution in [1.29, 1.82) is 0 Å². The molecular formula is C29H46O3. The molecule has 4 fully saturated rings. The third-order valence-electron chi connectivity index (χ3n) is 11.4. The van der Waals surface area contributed by atoms with Crippen molar-refractivity contribution in [3.05, 3.63) is 12.7 Å². The maximum absolute atomic E-state index is 11.6. The van der Waals surface area contributed by atoms with E-state index in [0.717, 1.165) is 49.9 Å². The van der Waals surface area contributed by atoms with Crippen LogP contribution in [0.3, 0.4) is 0 Å². The standard InChI is InChI=1S/C29H46O3/c1-7-29-17-16-27(5)24(19(2)8-9-20(3)30)12-13-25(27)26(29)11-10-22-18-23(32-21(4)31)14-15-28(22,29)6/h7,19,22-26H,1,8-18H2,2-6H3/t19-,22-,23?,24-,25+,26+,27-,28+,29+/m1/s1. The molecule has 1 unspecified atom stereocenters. The van der Waals surface area contributed by atoms with Crippen LogP contribution in [-0.4, -0.2) is 17.9 Å². The first kappa shape index (κ1) is 24.0. The van der Waals surface area contributed by atoms with Gasteiger partial charge in [-0.05, 0) is 117 Å². The Morgan fingerprint density at radius 3 is 2.41 bits per heavy atom. The van der Waals surface area contributed by atoms with Crippen molar-refractivity contribution in [2.24, 2.45) is 45.8 Å². The Kier molecular flexibility index (Phi) is 6.44. The second-order valence-electron chi connectivity index (χ2n) is 12.6. The molecule has 0 aromatic rings. The van der Waals surface area contributed by atoms with Crippen LogP contribution in [0.2, 0.25) is 0 Å². The van der Waals surface area contributed by atoms with Gasteiger partial charge in [-0.3, -0.25) is 4.79 Å². The first-order chi connectivity index (χ1) is 15.1. The highest BCUT2D eigenvalue weighted by molar-refractivity contribution is 5.75. The number of hydrogen-bond donors (Lipinski definition) is 0. The number of carbonyl (C=O) groups is 2. The second kappa shape index (κ2) is 8.58. The van der Waals surface area contributed by atoms with Gasteiger partial charge in [-0.15, -0.1) is 6.58 Å². The van der Waals surface area contributed by atoms with Gasteiger partial charge < -0.3 is 9.53 Å². The summed E-state index contributed by atoms with van der Waals surface area (Å²) in [5, 5.41) is 0. The van der Waals surface area contributed by atoms with Gasteiger partial charge in [0.05, 0.1) is 0 Å². The lowest BCUT2D eigenvalue weighted by molar-refractivity contribution is -0.180. The van der Waals surface area contributed by atoms with Crippen LogP contribution in [0.4, 0.5) is 0 Å². The number of hydrogen-bond acceptors (Lipinski definition) is 3. The third kappa shape index (κ3) is 3.61. The zero-order chi connectivity index (χ0) is 23.3. The predicted molar refractivity (Wildman–Crippen MR) is 129 cm³/mol. The van der Waals surface area contributed by atoms with E-state index in [4.69, 9.17) is 4.74 Å². The van der Waals surface area contributed by atoms with Crippen LogP contribution in [0, 0.1) is 45.8 Å². The molecule has 0 bridgehead atoms. The van der Waals surface area contributed by atoms with Gasteiger partial charge in [-0.2, -0.15) is 0 Å². The lowest BCUT2D eigenvalue weighted by atomic mass is 9.37. The minimum absolute atomic E-state index is 0.107. The van der Waals surface area contributed by atoms with E-state index >= 15 is 0 Å². The summed E-state index contributed by atoms with van der Waals surface area (Å²) in [4.78, 5) is 23.2. The van der Waals surface area contributed by atoms with Crippen LogP contribution in [0.15, 0.2) is 12.7 Å². The Labute approximate surface area is 196 Å². The van der Waals surface area contributed by atoms with E-state index < -0.39 is 0 Å². The SMILES string of the molecule is C=C[C@]12CC[C@]3(C)[C@@H]([C@H](C)CCC(C)=O)CC[C@H]3[C@@H]1CC[C@@H]1CC(OC(C)=O)CC[C@@]12C. The van der Waals surface area contributed by atoms with E-state index in [-0.39, 0.29) is 22.9 Å². The molecule has 0 aliphatic heterocycles. The predicted octanol–water partition coefficient (Wildman–Crippen LogP) is 7.14. The number of allylic oxidation sites excluding steroid dienone is 1. The lowest BCUT2D eigenvalue weighted by Crippen LogP contribution is -2.60. The summed E-state index contributed by atoms with van der Waals surface area (Å²) in [6.45, 7) is 15.3. The first-order valence-corrected chi connectivity index (χ1v) is 13.4. The number of ketones is 1. The molecule has 4 aliphatic rings. The van der Waals surface area contributed by atoms with Gasteiger partial charge in [-0.25, -0.2) is 0 Å². The summed E-state index contributed by atoms with van der Waals surface area (Å²) in [5.74, 6) is 3.73. The molecule has 0 saturated heterocycles. The second-order valence-corrected chi connectivity index (χ2v) is 12.6. The molecule has 3 nitrogen and oxygen atoms in total. The summed E-state index contributed by atoms with van der Waals surface area (Å²) < 4.78 is 5.66. The van der Waals surface area contributed by atoms with E-state index in [2.05, 4.69) is 33.4 Å². The number of Topliss-reactive ketones (excluding diaryl/α,β-unsaturated/α-hetero) is 1. The zero-order valence-electron chi connectivity index (χ0n) is 21.3. The molecule has 0 N–H and O–H groups in total. The zero-order valence-corrected chi connectivity index (χ0v) is 21.3. The molecule has 180 valence electrons. The summed E-state index contributed by atoms with van der Waals surface area (Å²) in [7, 11) is 0. The molecule has 0 aromatic carbocycles. The van der Waals surface area contributed by atoms with E-state index in [1.54, 1.807) is 13.8 Å². The average Bonchev–Trinajstić information content (AvgIpc) is 3.09. The fraction of sp³-hybridized carbons (Fsp3) is 0.862. The minimum Gasteiger partial charge on any atom is -0.463 e. The molecule has 0 radical (unpaired) electrons. The topological polar surface area (TPSA) is 43.4 Å². The van der Waals surface area contributed by atoms with Crippen molar-refractivity contribution in [3.63, 3.8) is 0 Å². The molecule has 32 heavy (non-hydrogen) atoms. The number of carbonyl (C=O) groups excluding carboxylic acids is 2. The van der Waals surface area contributed by atoms with Crippen molar-refractivity contribution in [2.45, 2.75) is 111 Å². The van der Waals surface area contributed by atoms with Gasteiger partial charge in [-0.1, -0.05) is 26.8 Å². The Hall–Kier alpha value is -1.12. The van der Waals surface area contributed by atoms with E-state index in [9.17, 15) is 9.59 Å². The van der Waals surface area contributed by atoms with Crippen LogP contribution in [0.25, 0.3) is 0 Å². The largest absolute Gasteiger partial charge is 0.463 e. The van der Waals surface area contributed by atoms with Crippen LogP contribution in [0.1, 0.15) is 105 Å². The van der Waals surface area contributed by atoms with Crippen molar-refractivity contribution in [2.75, 3.05) is 0 Å². The molecule has 0 heterocycles. The van der Waals surface area contributed by atoms with Crippen molar-refractivity contribution >= 4 is 11.8 Å². The molecule has 0 amide bonds. The molecular weight excluding hydrogens is 396 g/mol. The summed E-state index contributed by atoms with van der Waals surface area (Å²) in [5.41, 5.74) is 0.901. The van der Waals surface area contributed by atoms with Crippen LogP contribution < -0.4 is 0 Å². The van der Waals surface area contributed by atoms with Gasteiger partial charge in [0, 0.05) is 13.3 Å².